The van der Waals surface area contributed by atoms with Crippen molar-refractivity contribution in [3.05, 3.63) is 94.7 Å². The summed E-state index contributed by atoms with van der Waals surface area (Å²) in [6, 6.07) is 21.8. The SMILES string of the molecule is COc1ccc(NC(=O)CSc2cn(Cc3ccc([N+](=O)[O-])cc3)c3ccccc23)cc1. The summed E-state index contributed by atoms with van der Waals surface area (Å²) in [4.78, 5) is 23.9. The van der Waals surface area contributed by atoms with Crippen LogP contribution in [0, 0.1) is 10.1 Å². The number of para-hydroxylation sites is 1. The van der Waals surface area contributed by atoms with Gasteiger partial charge in [0.05, 0.1) is 17.8 Å². The third-order valence-electron chi connectivity index (χ3n) is 4.98. The van der Waals surface area contributed by atoms with Crippen LogP contribution >= 0.6 is 11.8 Å². The summed E-state index contributed by atoms with van der Waals surface area (Å²) in [5.41, 5.74) is 2.80. The predicted octanol–water partition coefficient (Wildman–Crippen LogP) is 5.34. The van der Waals surface area contributed by atoms with Gasteiger partial charge in [-0.3, -0.25) is 14.9 Å². The van der Waals surface area contributed by atoms with Crippen molar-refractivity contribution in [2.75, 3.05) is 18.2 Å². The molecule has 4 aromatic rings. The standard InChI is InChI=1S/C24H21N3O4S/c1-31-20-12-8-18(9-13-20)25-24(28)16-32-23-15-26(22-5-3-2-4-21(22)23)14-17-6-10-19(11-7-17)27(29)30/h2-13,15H,14,16H2,1H3,(H,25,28). The molecule has 0 fully saturated rings. The van der Waals surface area contributed by atoms with Crippen LogP contribution in [0.2, 0.25) is 0 Å². The molecular weight excluding hydrogens is 426 g/mol. The van der Waals surface area contributed by atoms with Crippen molar-refractivity contribution in [3.63, 3.8) is 0 Å². The van der Waals surface area contributed by atoms with Gasteiger partial charge in [0.2, 0.25) is 5.91 Å². The number of methoxy groups -OCH3 is 1. The van der Waals surface area contributed by atoms with Gasteiger partial charge in [0, 0.05) is 46.4 Å². The summed E-state index contributed by atoms with van der Waals surface area (Å²) in [6.45, 7) is 0.580. The molecule has 0 saturated heterocycles. The maximum absolute atomic E-state index is 12.4. The smallest absolute Gasteiger partial charge is 0.269 e. The molecule has 0 unspecified atom stereocenters. The number of nitrogens with zero attached hydrogens (tertiary/aromatic N) is 2. The van der Waals surface area contributed by atoms with Gasteiger partial charge < -0.3 is 14.6 Å². The minimum atomic E-state index is -0.402. The fraction of sp³-hybridized carbons (Fsp3) is 0.125. The normalized spacial score (nSPS) is 10.8. The number of nitrogens with one attached hydrogen (secondary N) is 1. The van der Waals surface area contributed by atoms with Crippen LogP contribution in [-0.2, 0) is 11.3 Å². The highest BCUT2D eigenvalue weighted by molar-refractivity contribution is 8.00. The molecule has 1 N–H and O–H groups in total. The second kappa shape index (κ2) is 9.57. The number of amides is 1. The Balaban J connectivity index is 1.47. The van der Waals surface area contributed by atoms with E-state index in [0.717, 1.165) is 32.8 Å². The third kappa shape index (κ3) is 4.92. The van der Waals surface area contributed by atoms with E-state index in [1.807, 2.05) is 30.5 Å². The summed E-state index contributed by atoms with van der Waals surface area (Å²) in [6.07, 6.45) is 2.03. The average Bonchev–Trinajstić information content (AvgIpc) is 3.16. The molecule has 8 heteroatoms. The van der Waals surface area contributed by atoms with Gasteiger partial charge in [-0.05, 0) is 35.9 Å². The molecule has 0 radical (unpaired) electrons. The van der Waals surface area contributed by atoms with Crippen molar-refractivity contribution in [3.8, 4) is 5.75 Å². The molecule has 1 heterocycles. The summed E-state index contributed by atoms with van der Waals surface area (Å²) in [5, 5.41) is 14.8. The maximum Gasteiger partial charge on any atom is 0.269 e. The zero-order valence-corrected chi connectivity index (χ0v) is 18.2. The predicted molar refractivity (Wildman–Crippen MR) is 126 cm³/mol. The largest absolute Gasteiger partial charge is 0.497 e. The van der Waals surface area contributed by atoms with Gasteiger partial charge in [0.1, 0.15) is 5.75 Å². The molecule has 0 aliphatic rings. The number of benzene rings is 3. The van der Waals surface area contributed by atoms with E-state index < -0.39 is 4.92 Å². The Bertz CT molecular complexity index is 1250. The van der Waals surface area contributed by atoms with Crippen LogP contribution in [0.3, 0.4) is 0 Å². The molecule has 7 nitrogen and oxygen atoms in total. The van der Waals surface area contributed by atoms with Crippen LogP contribution in [0.25, 0.3) is 10.9 Å². The Morgan fingerprint density at radius 2 is 1.78 bits per heavy atom. The number of non-ortho nitro benzene ring substituents is 1. The van der Waals surface area contributed by atoms with Crippen molar-refractivity contribution in [1.29, 1.82) is 0 Å². The number of aromatic nitrogens is 1. The number of thioether (sulfide) groups is 1. The first-order valence-electron chi connectivity index (χ1n) is 9.91. The molecular formula is C24H21N3O4S. The first kappa shape index (κ1) is 21.5. The van der Waals surface area contributed by atoms with E-state index >= 15 is 0 Å². The maximum atomic E-state index is 12.4. The summed E-state index contributed by atoms with van der Waals surface area (Å²) >= 11 is 1.48. The van der Waals surface area contributed by atoms with Gasteiger partial charge >= 0.3 is 0 Å². The molecule has 0 bridgehead atoms. The monoisotopic (exact) mass is 447 g/mol. The van der Waals surface area contributed by atoms with Gasteiger partial charge in [-0.2, -0.15) is 0 Å². The van der Waals surface area contributed by atoms with Crippen molar-refractivity contribution < 1.29 is 14.5 Å². The molecule has 3 aromatic carbocycles. The van der Waals surface area contributed by atoms with E-state index in [0.29, 0.717) is 6.54 Å². The Hall–Kier alpha value is -3.78. The number of hydrogen-bond acceptors (Lipinski definition) is 5. The second-order valence-corrected chi connectivity index (χ2v) is 8.14. The zero-order chi connectivity index (χ0) is 22.5. The van der Waals surface area contributed by atoms with E-state index in [-0.39, 0.29) is 17.3 Å². The summed E-state index contributed by atoms with van der Waals surface area (Å²) in [5.74, 6) is 0.919. The van der Waals surface area contributed by atoms with Crippen molar-refractivity contribution in [2.24, 2.45) is 0 Å². The minimum absolute atomic E-state index is 0.0743. The molecule has 0 aliphatic heterocycles. The molecule has 0 atom stereocenters. The lowest BCUT2D eigenvalue weighted by Crippen LogP contribution is -2.13. The van der Waals surface area contributed by atoms with Crippen molar-refractivity contribution in [1.82, 2.24) is 4.57 Å². The lowest BCUT2D eigenvalue weighted by molar-refractivity contribution is -0.384. The highest BCUT2D eigenvalue weighted by atomic mass is 32.2. The van der Waals surface area contributed by atoms with Gasteiger partial charge in [-0.1, -0.05) is 30.3 Å². The quantitative estimate of drug-likeness (QED) is 0.224. The Morgan fingerprint density at radius 3 is 2.47 bits per heavy atom. The van der Waals surface area contributed by atoms with Crippen LogP contribution < -0.4 is 10.1 Å². The van der Waals surface area contributed by atoms with E-state index in [1.165, 1.54) is 23.9 Å². The van der Waals surface area contributed by atoms with E-state index in [4.69, 9.17) is 4.74 Å². The zero-order valence-electron chi connectivity index (χ0n) is 17.4. The molecule has 162 valence electrons. The summed E-state index contributed by atoms with van der Waals surface area (Å²) in [7, 11) is 1.60. The average molecular weight is 448 g/mol. The summed E-state index contributed by atoms with van der Waals surface area (Å²) < 4.78 is 7.23. The number of nitro benzene ring substituents is 1. The number of ether oxygens (including phenoxy) is 1. The third-order valence-corrected chi connectivity index (χ3v) is 6.03. The first-order chi connectivity index (χ1) is 15.5. The highest BCUT2D eigenvalue weighted by Crippen LogP contribution is 2.31. The fourth-order valence-corrected chi connectivity index (χ4v) is 4.28. The fourth-order valence-electron chi connectivity index (χ4n) is 3.39. The first-order valence-corrected chi connectivity index (χ1v) is 10.9. The number of anilines is 1. The van der Waals surface area contributed by atoms with Crippen LogP contribution in [0.4, 0.5) is 11.4 Å². The van der Waals surface area contributed by atoms with Gasteiger partial charge in [-0.15, -0.1) is 11.8 Å². The van der Waals surface area contributed by atoms with Crippen LogP contribution in [0.1, 0.15) is 5.56 Å². The molecule has 0 spiro atoms. The lowest BCUT2D eigenvalue weighted by Gasteiger charge is -2.06. The number of carbonyl (C=O) groups excluding carboxylic acids is 1. The van der Waals surface area contributed by atoms with Crippen LogP contribution in [0.15, 0.2) is 83.9 Å². The molecule has 1 amide bonds. The van der Waals surface area contributed by atoms with Crippen LogP contribution in [0.5, 0.6) is 5.75 Å². The molecule has 32 heavy (non-hydrogen) atoms. The second-order valence-electron chi connectivity index (χ2n) is 7.13. The number of fused-ring (bicyclic) bond motifs is 1. The van der Waals surface area contributed by atoms with E-state index in [2.05, 4.69) is 9.88 Å². The molecule has 0 aliphatic carbocycles. The van der Waals surface area contributed by atoms with E-state index in [1.54, 1.807) is 43.5 Å². The van der Waals surface area contributed by atoms with Gasteiger partial charge in [-0.25, -0.2) is 0 Å². The molecule has 4 rings (SSSR count). The highest BCUT2D eigenvalue weighted by Gasteiger charge is 2.12. The minimum Gasteiger partial charge on any atom is -0.497 e. The number of rotatable bonds is 8. The lowest BCUT2D eigenvalue weighted by atomic mass is 10.2. The number of hydrogen-bond donors (Lipinski definition) is 1. The Kier molecular flexibility index (Phi) is 6.42. The van der Waals surface area contributed by atoms with Gasteiger partial charge in [0.25, 0.3) is 5.69 Å². The van der Waals surface area contributed by atoms with Gasteiger partial charge in [0.15, 0.2) is 0 Å². The van der Waals surface area contributed by atoms with Crippen molar-refractivity contribution >= 4 is 39.9 Å². The number of carbonyl (C=O) groups is 1. The topological polar surface area (TPSA) is 86.4 Å². The number of nitro groups is 1. The Morgan fingerprint density at radius 1 is 1.06 bits per heavy atom. The van der Waals surface area contributed by atoms with Crippen molar-refractivity contribution in [2.45, 2.75) is 11.4 Å². The van der Waals surface area contributed by atoms with Crippen LogP contribution in [-0.4, -0.2) is 28.3 Å². The molecule has 0 saturated carbocycles. The Labute approximate surface area is 189 Å². The van der Waals surface area contributed by atoms with E-state index in [9.17, 15) is 14.9 Å². The molecule has 1 aromatic heterocycles.